The Morgan fingerprint density at radius 2 is 1.65 bits per heavy atom. The third kappa shape index (κ3) is 6.20. The van der Waals surface area contributed by atoms with Crippen molar-refractivity contribution in [2.24, 2.45) is 0 Å². The van der Waals surface area contributed by atoms with Gasteiger partial charge in [0.1, 0.15) is 17.8 Å². The van der Waals surface area contributed by atoms with Gasteiger partial charge in [0.25, 0.3) is 0 Å². The van der Waals surface area contributed by atoms with Crippen molar-refractivity contribution in [1.29, 1.82) is 0 Å². The summed E-state index contributed by atoms with van der Waals surface area (Å²) in [5.74, 6) is 1.33. The average Bonchev–Trinajstić information content (AvgIpc) is 3.48. The van der Waals surface area contributed by atoms with E-state index in [0.717, 1.165) is 31.7 Å². The van der Waals surface area contributed by atoms with Gasteiger partial charge in [-0.3, -0.25) is 9.80 Å². The number of nitrogens with zero attached hydrogens (tertiary/aromatic N) is 6. The van der Waals surface area contributed by atoms with Gasteiger partial charge in [0.15, 0.2) is 5.82 Å². The largest absolute Gasteiger partial charge is 0.381 e. The van der Waals surface area contributed by atoms with Gasteiger partial charge in [-0.1, -0.05) is 37.6 Å². The van der Waals surface area contributed by atoms with Crippen LogP contribution in [0.4, 0.5) is 16.3 Å². The van der Waals surface area contributed by atoms with Crippen LogP contribution >= 0.6 is 0 Å². The van der Waals surface area contributed by atoms with Crippen molar-refractivity contribution in [3.05, 3.63) is 54.4 Å². The summed E-state index contributed by atoms with van der Waals surface area (Å²) in [6.07, 6.45) is 3.98. The van der Waals surface area contributed by atoms with Crippen LogP contribution in [0, 0.1) is 6.92 Å². The lowest BCUT2D eigenvalue weighted by molar-refractivity contribution is 0.135. The van der Waals surface area contributed by atoms with Crippen LogP contribution in [0.15, 0.2) is 48.8 Å². The number of urea groups is 1. The number of aryl methyl sites for hydroxylation is 1. The van der Waals surface area contributed by atoms with Crippen molar-refractivity contribution in [2.75, 3.05) is 36.1 Å². The summed E-state index contributed by atoms with van der Waals surface area (Å²) >= 11 is 0. The molecule has 0 bridgehead atoms. The van der Waals surface area contributed by atoms with Crippen LogP contribution in [0.1, 0.15) is 52.1 Å². The van der Waals surface area contributed by atoms with E-state index in [1.807, 2.05) is 54.0 Å². The van der Waals surface area contributed by atoms with Crippen LogP contribution < -0.4 is 9.80 Å². The predicted octanol–water partition coefficient (Wildman–Crippen LogP) is 5.50. The molecule has 34 heavy (non-hydrogen) atoms. The van der Waals surface area contributed by atoms with E-state index in [4.69, 9.17) is 4.74 Å². The number of hydrogen-bond acceptors (Lipinski definition) is 5. The lowest BCUT2D eigenvalue weighted by Crippen LogP contribution is -2.32. The first-order valence-corrected chi connectivity index (χ1v) is 12.1. The fourth-order valence-corrected chi connectivity index (χ4v) is 3.61. The van der Waals surface area contributed by atoms with E-state index >= 15 is 0 Å². The Labute approximate surface area is 202 Å². The van der Waals surface area contributed by atoms with Crippen LogP contribution in [0.5, 0.6) is 0 Å². The molecule has 0 spiro atoms. The van der Waals surface area contributed by atoms with Gasteiger partial charge < -0.3 is 9.30 Å². The van der Waals surface area contributed by atoms with E-state index in [2.05, 4.69) is 42.9 Å². The molecular weight excluding hydrogens is 428 g/mol. The molecule has 182 valence electrons. The Bertz CT molecular complexity index is 1040. The van der Waals surface area contributed by atoms with Gasteiger partial charge in [0.05, 0.1) is 0 Å². The molecular formula is C26H36N6O2. The van der Waals surface area contributed by atoms with E-state index in [-0.39, 0.29) is 12.1 Å². The predicted molar refractivity (Wildman–Crippen MR) is 136 cm³/mol. The van der Waals surface area contributed by atoms with Gasteiger partial charge in [-0.15, -0.1) is 10.2 Å². The van der Waals surface area contributed by atoms with E-state index in [0.29, 0.717) is 30.4 Å². The van der Waals surface area contributed by atoms with E-state index in [1.165, 1.54) is 5.56 Å². The average molecular weight is 465 g/mol. The standard InChI is InChI=1S/C20H22N6O.C6H14O/c1-14(2)26-13-21-23-19(26)17-5-4-6-18(22-17)25-12-11-24(20(25)27)16-9-7-15(3)8-10-16;1-3-5-7-6-4-2/h4-10,13-14H,11-12H2,1-3H3;3-6H2,1-2H3. The maximum Gasteiger partial charge on any atom is 0.330 e. The van der Waals surface area contributed by atoms with Gasteiger partial charge >= 0.3 is 6.03 Å². The lowest BCUT2D eigenvalue weighted by atomic mass is 10.2. The molecule has 3 aromatic rings. The zero-order valence-corrected chi connectivity index (χ0v) is 20.9. The lowest BCUT2D eigenvalue weighted by Gasteiger charge is -2.19. The van der Waals surface area contributed by atoms with Crippen LogP contribution in [0.25, 0.3) is 11.5 Å². The summed E-state index contributed by atoms with van der Waals surface area (Å²) in [6.45, 7) is 13.5. The first kappa shape index (κ1) is 25.4. The highest BCUT2D eigenvalue weighted by Gasteiger charge is 2.31. The fraction of sp³-hybridized carbons (Fsp3) is 0.462. The summed E-state index contributed by atoms with van der Waals surface area (Å²) in [5, 5.41) is 8.21. The highest BCUT2D eigenvalue weighted by Crippen LogP contribution is 2.26. The second-order valence-electron chi connectivity index (χ2n) is 8.57. The Morgan fingerprint density at radius 1 is 0.971 bits per heavy atom. The van der Waals surface area contributed by atoms with Crippen molar-refractivity contribution >= 4 is 17.5 Å². The van der Waals surface area contributed by atoms with E-state index in [1.54, 1.807) is 16.1 Å². The summed E-state index contributed by atoms with van der Waals surface area (Å²) in [5.41, 5.74) is 2.79. The highest BCUT2D eigenvalue weighted by molar-refractivity contribution is 6.05. The number of pyridine rings is 1. The number of anilines is 2. The molecule has 1 fully saturated rings. The van der Waals surface area contributed by atoms with Crippen molar-refractivity contribution < 1.29 is 9.53 Å². The Morgan fingerprint density at radius 3 is 2.29 bits per heavy atom. The zero-order chi connectivity index (χ0) is 24.5. The van der Waals surface area contributed by atoms with Crippen LogP contribution in [-0.4, -0.2) is 52.1 Å². The van der Waals surface area contributed by atoms with Crippen LogP contribution in [0.3, 0.4) is 0 Å². The number of carbonyl (C=O) groups is 1. The van der Waals surface area contributed by atoms with Gasteiger partial charge in [-0.05, 0) is 57.9 Å². The fourth-order valence-electron chi connectivity index (χ4n) is 3.61. The molecule has 0 N–H and O–H groups in total. The number of hydrogen-bond donors (Lipinski definition) is 0. The number of rotatable bonds is 8. The normalized spacial score (nSPS) is 13.4. The number of ether oxygens (including phenoxy) is 1. The van der Waals surface area contributed by atoms with Crippen molar-refractivity contribution in [3.63, 3.8) is 0 Å². The van der Waals surface area contributed by atoms with Gasteiger partial charge in [-0.25, -0.2) is 9.78 Å². The van der Waals surface area contributed by atoms with Gasteiger partial charge in [-0.2, -0.15) is 0 Å². The van der Waals surface area contributed by atoms with Gasteiger partial charge in [0, 0.05) is 38.0 Å². The van der Waals surface area contributed by atoms with E-state index in [9.17, 15) is 4.79 Å². The summed E-state index contributed by atoms with van der Waals surface area (Å²) in [7, 11) is 0. The molecule has 0 radical (unpaired) electrons. The first-order chi connectivity index (χ1) is 16.5. The zero-order valence-electron chi connectivity index (χ0n) is 20.9. The molecule has 0 atom stereocenters. The Hall–Kier alpha value is -3.26. The molecule has 2 aromatic heterocycles. The molecule has 8 nitrogen and oxygen atoms in total. The summed E-state index contributed by atoms with van der Waals surface area (Å²) in [6, 6.07) is 13.8. The summed E-state index contributed by atoms with van der Waals surface area (Å²) < 4.78 is 7.10. The minimum atomic E-state index is -0.0613. The molecule has 2 amide bonds. The summed E-state index contributed by atoms with van der Waals surface area (Å²) in [4.78, 5) is 21.1. The Balaban J connectivity index is 0.000000406. The molecule has 0 unspecified atom stereocenters. The minimum absolute atomic E-state index is 0.0613. The SMILES string of the molecule is CCCOCCC.Cc1ccc(N2CCN(c3cccc(-c4nncn4C(C)C)n3)C2=O)cc1. The smallest absolute Gasteiger partial charge is 0.330 e. The second kappa shape index (κ2) is 12.3. The molecule has 8 heteroatoms. The molecule has 1 aromatic carbocycles. The second-order valence-corrected chi connectivity index (χ2v) is 8.57. The number of benzene rings is 1. The quantitative estimate of drug-likeness (QED) is 0.412. The van der Waals surface area contributed by atoms with Crippen LogP contribution in [0.2, 0.25) is 0 Å². The molecule has 1 saturated heterocycles. The van der Waals surface area contributed by atoms with Gasteiger partial charge in [0.2, 0.25) is 0 Å². The maximum absolute atomic E-state index is 12.9. The molecule has 0 aliphatic carbocycles. The monoisotopic (exact) mass is 464 g/mol. The van der Waals surface area contributed by atoms with Crippen LogP contribution in [-0.2, 0) is 4.74 Å². The van der Waals surface area contributed by atoms with E-state index < -0.39 is 0 Å². The Kier molecular flexibility index (Phi) is 9.16. The van der Waals surface area contributed by atoms with Crippen molar-refractivity contribution in [2.45, 2.75) is 53.5 Å². The topological polar surface area (TPSA) is 76.4 Å². The minimum Gasteiger partial charge on any atom is -0.381 e. The molecule has 0 saturated carbocycles. The molecule has 3 heterocycles. The first-order valence-electron chi connectivity index (χ1n) is 12.1. The maximum atomic E-state index is 12.9. The number of carbonyl (C=O) groups excluding carboxylic acids is 1. The highest BCUT2D eigenvalue weighted by atomic mass is 16.5. The number of amides is 2. The molecule has 1 aliphatic rings. The molecule has 1 aliphatic heterocycles. The molecule has 4 rings (SSSR count). The van der Waals surface area contributed by atoms with Crippen molar-refractivity contribution in [3.8, 4) is 11.5 Å². The third-order valence-electron chi connectivity index (χ3n) is 5.42. The van der Waals surface area contributed by atoms with Crippen molar-refractivity contribution in [1.82, 2.24) is 19.7 Å². The third-order valence-corrected chi connectivity index (χ3v) is 5.42. The number of aromatic nitrogens is 4.